The van der Waals surface area contributed by atoms with Crippen molar-refractivity contribution in [2.45, 2.75) is 51.9 Å². The Morgan fingerprint density at radius 3 is 2.21 bits per heavy atom. The Bertz CT molecular complexity index is 138. The van der Waals surface area contributed by atoms with Gasteiger partial charge >= 0.3 is 0 Å². The van der Waals surface area contributed by atoms with Gasteiger partial charge in [0.25, 0.3) is 0 Å². The van der Waals surface area contributed by atoms with Gasteiger partial charge in [-0.3, -0.25) is 0 Å². The van der Waals surface area contributed by atoms with E-state index in [0.717, 1.165) is 13.2 Å². The van der Waals surface area contributed by atoms with Crippen LogP contribution in [0.2, 0.25) is 0 Å². The molecule has 1 saturated heterocycles. The van der Waals surface area contributed by atoms with Gasteiger partial charge in [0, 0.05) is 10.7 Å². The van der Waals surface area contributed by atoms with Crippen molar-refractivity contribution in [1.29, 1.82) is 0 Å². The summed E-state index contributed by atoms with van der Waals surface area (Å²) in [6.07, 6.45) is 9.63. The molecule has 0 radical (unpaired) electrons. The summed E-state index contributed by atoms with van der Waals surface area (Å²) in [6.45, 7) is 4.34. The highest BCUT2D eigenvalue weighted by molar-refractivity contribution is 9.09. The van der Waals surface area contributed by atoms with E-state index < -0.39 is 0 Å². The largest absolute Gasteiger partial charge is 0.380 e. The van der Waals surface area contributed by atoms with Crippen LogP contribution in [0.5, 0.6) is 0 Å². The van der Waals surface area contributed by atoms with Crippen LogP contribution in [0.3, 0.4) is 0 Å². The lowest BCUT2D eigenvalue weighted by molar-refractivity contribution is -0.120. The molecule has 0 aromatic heterocycles. The van der Waals surface area contributed by atoms with Gasteiger partial charge < -0.3 is 4.74 Å². The van der Waals surface area contributed by atoms with E-state index in [1.165, 1.54) is 50.3 Å². The van der Waals surface area contributed by atoms with Crippen molar-refractivity contribution in [2.75, 3.05) is 18.5 Å². The Morgan fingerprint density at radius 1 is 1.07 bits per heavy atom. The van der Waals surface area contributed by atoms with Crippen molar-refractivity contribution >= 4 is 15.9 Å². The summed E-state index contributed by atoms with van der Waals surface area (Å²) in [5, 5.41) is 1.17. The van der Waals surface area contributed by atoms with Gasteiger partial charge in [0.1, 0.15) is 0 Å². The molecule has 14 heavy (non-hydrogen) atoms. The van der Waals surface area contributed by atoms with Gasteiger partial charge in [-0.25, -0.2) is 0 Å². The summed E-state index contributed by atoms with van der Waals surface area (Å²) >= 11 is 3.47. The average Bonchev–Trinajstić information content (AvgIpc) is 2.15. The van der Waals surface area contributed by atoms with E-state index in [9.17, 15) is 0 Å². The Labute approximate surface area is 96.7 Å². The van der Waals surface area contributed by atoms with Crippen LogP contribution in [0.4, 0.5) is 0 Å². The second-order valence-electron chi connectivity index (χ2n) is 4.55. The lowest BCUT2D eigenvalue weighted by atomic mass is 9.78. The van der Waals surface area contributed by atoms with Gasteiger partial charge in [-0.2, -0.15) is 0 Å². The standard InChI is InChI=1S/C12H23BrO/c1-2-12(10-14-11-12)8-6-4-3-5-7-9-13/h2-11H2,1H3. The van der Waals surface area contributed by atoms with Crippen molar-refractivity contribution in [1.82, 2.24) is 0 Å². The lowest BCUT2D eigenvalue weighted by Gasteiger charge is -2.41. The van der Waals surface area contributed by atoms with Gasteiger partial charge in [0.2, 0.25) is 0 Å². The molecule has 0 unspecified atom stereocenters. The summed E-state index contributed by atoms with van der Waals surface area (Å²) in [4.78, 5) is 0. The van der Waals surface area contributed by atoms with Crippen LogP contribution in [-0.4, -0.2) is 18.5 Å². The van der Waals surface area contributed by atoms with Crippen molar-refractivity contribution in [3.8, 4) is 0 Å². The summed E-state index contributed by atoms with van der Waals surface area (Å²) in [7, 11) is 0. The van der Waals surface area contributed by atoms with Crippen LogP contribution in [0.25, 0.3) is 0 Å². The maximum Gasteiger partial charge on any atom is 0.0544 e. The molecular weight excluding hydrogens is 240 g/mol. The predicted octanol–water partition coefficient (Wildman–Crippen LogP) is 4.15. The third kappa shape index (κ3) is 3.90. The number of unbranched alkanes of at least 4 members (excludes halogenated alkanes) is 4. The lowest BCUT2D eigenvalue weighted by Crippen LogP contribution is -2.41. The van der Waals surface area contributed by atoms with E-state index in [1.807, 2.05) is 0 Å². The molecule has 84 valence electrons. The van der Waals surface area contributed by atoms with Crippen molar-refractivity contribution in [3.63, 3.8) is 0 Å². The van der Waals surface area contributed by atoms with E-state index in [4.69, 9.17) is 4.74 Å². The quantitative estimate of drug-likeness (QED) is 0.472. The fourth-order valence-corrected chi connectivity index (χ4v) is 2.44. The Hall–Kier alpha value is 0.440. The molecule has 0 aliphatic carbocycles. The summed E-state index contributed by atoms with van der Waals surface area (Å²) in [5.41, 5.74) is 0.579. The molecule has 1 aliphatic rings. The number of hydrogen-bond donors (Lipinski definition) is 0. The summed E-state index contributed by atoms with van der Waals surface area (Å²) in [5.74, 6) is 0. The number of alkyl halides is 1. The van der Waals surface area contributed by atoms with Gasteiger partial charge in [-0.1, -0.05) is 48.5 Å². The van der Waals surface area contributed by atoms with E-state index in [1.54, 1.807) is 0 Å². The molecule has 0 aromatic rings. The number of ether oxygens (including phenoxy) is 1. The number of halogens is 1. The van der Waals surface area contributed by atoms with E-state index in [0.29, 0.717) is 5.41 Å². The van der Waals surface area contributed by atoms with Gasteiger partial charge in [0.05, 0.1) is 13.2 Å². The van der Waals surface area contributed by atoms with Crippen LogP contribution < -0.4 is 0 Å². The van der Waals surface area contributed by atoms with Crippen LogP contribution in [0.1, 0.15) is 51.9 Å². The molecule has 0 atom stereocenters. The van der Waals surface area contributed by atoms with Crippen LogP contribution >= 0.6 is 15.9 Å². The predicted molar refractivity (Wildman–Crippen MR) is 65.0 cm³/mol. The van der Waals surface area contributed by atoms with Crippen LogP contribution in [0, 0.1) is 5.41 Å². The zero-order valence-corrected chi connectivity index (χ0v) is 10.9. The first kappa shape index (κ1) is 12.5. The minimum Gasteiger partial charge on any atom is -0.380 e. The summed E-state index contributed by atoms with van der Waals surface area (Å²) in [6, 6.07) is 0. The number of rotatable bonds is 8. The molecule has 0 N–H and O–H groups in total. The van der Waals surface area contributed by atoms with Gasteiger partial charge in [-0.05, 0) is 19.3 Å². The number of hydrogen-bond acceptors (Lipinski definition) is 1. The second kappa shape index (κ2) is 6.84. The molecule has 0 saturated carbocycles. The highest BCUT2D eigenvalue weighted by Crippen LogP contribution is 2.36. The molecule has 0 spiro atoms. The highest BCUT2D eigenvalue weighted by atomic mass is 79.9. The SMILES string of the molecule is CCC1(CCCCCCCBr)COC1. The Kier molecular flexibility index (Phi) is 6.11. The zero-order chi connectivity index (χ0) is 10.3. The second-order valence-corrected chi connectivity index (χ2v) is 5.35. The zero-order valence-electron chi connectivity index (χ0n) is 9.36. The minimum absolute atomic E-state index is 0.579. The van der Waals surface area contributed by atoms with E-state index in [2.05, 4.69) is 22.9 Å². The molecule has 1 rings (SSSR count). The first-order valence-corrected chi connectivity index (χ1v) is 7.09. The van der Waals surface area contributed by atoms with Gasteiger partial charge in [-0.15, -0.1) is 0 Å². The fraction of sp³-hybridized carbons (Fsp3) is 1.00. The average molecular weight is 263 g/mol. The minimum atomic E-state index is 0.579. The molecule has 1 aliphatic heterocycles. The maximum absolute atomic E-state index is 5.32. The fourth-order valence-electron chi connectivity index (χ4n) is 2.04. The third-order valence-electron chi connectivity index (χ3n) is 3.41. The topological polar surface area (TPSA) is 9.23 Å². The van der Waals surface area contributed by atoms with Crippen LogP contribution in [-0.2, 0) is 4.74 Å². The first-order valence-electron chi connectivity index (χ1n) is 5.97. The van der Waals surface area contributed by atoms with Crippen molar-refractivity contribution < 1.29 is 4.74 Å². The monoisotopic (exact) mass is 262 g/mol. The van der Waals surface area contributed by atoms with Gasteiger partial charge in [0.15, 0.2) is 0 Å². The molecule has 0 aromatic carbocycles. The normalized spacial score (nSPS) is 19.3. The molecule has 1 heterocycles. The first-order chi connectivity index (χ1) is 6.83. The van der Waals surface area contributed by atoms with Crippen molar-refractivity contribution in [3.05, 3.63) is 0 Å². The Balaban J connectivity index is 1.92. The molecule has 0 bridgehead atoms. The van der Waals surface area contributed by atoms with Crippen molar-refractivity contribution in [2.24, 2.45) is 5.41 Å². The highest BCUT2D eigenvalue weighted by Gasteiger charge is 2.35. The Morgan fingerprint density at radius 2 is 1.71 bits per heavy atom. The molecule has 0 amide bonds. The molecule has 1 nitrogen and oxygen atoms in total. The van der Waals surface area contributed by atoms with E-state index >= 15 is 0 Å². The maximum atomic E-state index is 5.32. The smallest absolute Gasteiger partial charge is 0.0544 e. The molecule has 1 fully saturated rings. The van der Waals surface area contributed by atoms with E-state index in [-0.39, 0.29) is 0 Å². The molecule has 2 heteroatoms. The van der Waals surface area contributed by atoms with Crippen LogP contribution in [0.15, 0.2) is 0 Å². The molecular formula is C12H23BrO. The third-order valence-corrected chi connectivity index (χ3v) is 3.97. The summed E-state index contributed by atoms with van der Waals surface area (Å²) < 4.78 is 5.32.